The van der Waals surface area contributed by atoms with Crippen LogP contribution >= 0.6 is 11.8 Å². The topological polar surface area (TPSA) is 67.8 Å². The van der Waals surface area contributed by atoms with E-state index in [0.717, 1.165) is 5.75 Å². The molecule has 5 nitrogen and oxygen atoms in total. The van der Waals surface area contributed by atoms with Crippen LogP contribution in [-0.2, 0) is 0 Å². The lowest BCUT2D eigenvalue weighted by Crippen LogP contribution is -2.41. The minimum Gasteiger partial charge on any atom is -0.454 e. The number of hydrogen-bond donors (Lipinski definition) is 2. The highest BCUT2D eigenvalue weighted by Crippen LogP contribution is 2.32. The van der Waals surface area contributed by atoms with Gasteiger partial charge in [-0.05, 0) is 43.6 Å². The molecule has 0 saturated heterocycles. The Kier molecular flexibility index (Phi) is 4.77. The molecule has 6 heteroatoms. The maximum absolute atomic E-state index is 12.0. The first-order valence-electron chi connectivity index (χ1n) is 6.41. The number of fused-ring (bicyclic) bond motifs is 1. The van der Waals surface area contributed by atoms with Crippen LogP contribution in [0.15, 0.2) is 18.2 Å². The van der Waals surface area contributed by atoms with Gasteiger partial charge in [-0.25, -0.2) is 0 Å². The summed E-state index contributed by atoms with van der Waals surface area (Å²) in [5.74, 6) is 1.85. The Bertz CT molecular complexity index is 490. The molecule has 1 aliphatic rings. The normalized spacial score (nSPS) is 15.8. The van der Waals surface area contributed by atoms with Gasteiger partial charge in [-0.1, -0.05) is 0 Å². The zero-order valence-electron chi connectivity index (χ0n) is 11.6. The molecule has 0 spiro atoms. The van der Waals surface area contributed by atoms with Gasteiger partial charge < -0.3 is 19.9 Å². The number of ether oxygens (including phenoxy) is 2. The van der Waals surface area contributed by atoms with E-state index in [1.807, 2.05) is 6.26 Å². The summed E-state index contributed by atoms with van der Waals surface area (Å²) in [4.78, 5) is 12.0. The summed E-state index contributed by atoms with van der Waals surface area (Å²) in [5, 5.41) is 12.9. The van der Waals surface area contributed by atoms with E-state index in [4.69, 9.17) is 9.47 Å². The van der Waals surface area contributed by atoms with Gasteiger partial charge in [0.15, 0.2) is 11.5 Å². The average molecular weight is 297 g/mol. The molecule has 2 N–H and O–H groups in total. The van der Waals surface area contributed by atoms with Gasteiger partial charge in [0.25, 0.3) is 5.91 Å². The number of benzene rings is 1. The Morgan fingerprint density at radius 2 is 2.20 bits per heavy atom. The molecule has 20 heavy (non-hydrogen) atoms. The SMILES string of the molecule is CSCC[C@](C)(O)CNC(=O)c1ccc2c(c1)OCO2. The van der Waals surface area contributed by atoms with Crippen LogP contribution in [0.5, 0.6) is 11.5 Å². The highest BCUT2D eigenvalue weighted by atomic mass is 32.2. The van der Waals surface area contributed by atoms with Crippen molar-refractivity contribution in [2.45, 2.75) is 18.9 Å². The Morgan fingerprint density at radius 3 is 2.95 bits per heavy atom. The van der Waals surface area contributed by atoms with Crippen molar-refractivity contribution in [1.82, 2.24) is 5.32 Å². The molecular formula is C14H19NO4S. The molecule has 1 atom stereocenters. The Balaban J connectivity index is 1.92. The van der Waals surface area contributed by atoms with Crippen molar-refractivity contribution in [2.75, 3.05) is 25.3 Å². The summed E-state index contributed by atoms with van der Waals surface area (Å²) in [6.07, 6.45) is 2.62. The van der Waals surface area contributed by atoms with Crippen molar-refractivity contribution in [3.05, 3.63) is 23.8 Å². The fourth-order valence-corrected chi connectivity index (χ4v) is 2.46. The van der Waals surface area contributed by atoms with E-state index in [0.29, 0.717) is 23.5 Å². The van der Waals surface area contributed by atoms with Crippen molar-refractivity contribution in [1.29, 1.82) is 0 Å². The van der Waals surface area contributed by atoms with E-state index < -0.39 is 5.60 Å². The predicted molar refractivity (Wildman–Crippen MR) is 78.5 cm³/mol. The average Bonchev–Trinajstić information content (AvgIpc) is 2.90. The zero-order chi connectivity index (χ0) is 14.6. The fraction of sp³-hybridized carbons (Fsp3) is 0.500. The number of amides is 1. The summed E-state index contributed by atoms with van der Waals surface area (Å²) in [5.41, 5.74) is -0.399. The number of carbonyl (C=O) groups is 1. The van der Waals surface area contributed by atoms with Crippen LogP contribution in [0.25, 0.3) is 0 Å². The monoisotopic (exact) mass is 297 g/mol. The third kappa shape index (κ3) is 3.80. The Labute approximate surface area is 122 Å². The first-order valence-corrected chi connectivity index (χ1v) is 7.80. The smallest absolute Gasteiger partial charge is 0.251 e. The van der Waals surface area contributed by atoms with Crippen LogP contribution in [0.3, 0.4) is 0 Å². The quantitative estimate of drug-likeness (QED) is 0.835. The maximum atomic E-state index is 12.0. The van der Waals surface area contributed by atoms with Gasteiger partial charge >= 0.3 is 0 Å². The standard InChI is InChI=1S/C14H19NO4S/c1-14(17,5-6-20-2)8-15-13(16)10-3-4-11-12(7-10)19-9-18-11/h3-4,7,17H,5-6,8-9H2,1-2H3,(H,15,16)/t14-/m0/s1. The van der Waals surface area contributed by atoms with Crippen LogP contribution in [0.2, 0.25) is 0 Å². The molecule has 1 amide bonds. The van der Waals surface area contributed by atoms with E-state index >= 15 is 0 Å². The minimum atomic E-state index is -0.894. The van der Waals surface area contributed by atoms with Crippen LogP contribution in [0.1, 0.15) is 23.7 Å². The van der Waals surface area contributed by atoms with E-state index in [1.165, 1.54) is 0 Å². The number of nitrogens with one attached hydrogen (secondary N) is 1. The second-order valence-electron chi connectivity index (χ2n) is 4.99. The van der Waals surface area contributed by atoms with Crippen molar-refractivity contribution in [3.8, 4) is 11.5 Å². The lowest BCUT2D eigenvalue weighted by Gasteiger charge is -2.23. The third-order valence-corrected chi connectivity index (χ3v) is 3.72. The molecule has 0 bridgehead atoms. The second-order valence-corrected chi connectivity index (χ2v) is 5.98. The lowest BCUT2D eigenvalue weighted by atomic mass is 10.0. The van der Waals surface area contributed by atoms with Crippen LogP contribution in [0, 0.1) is 0 Å². The number of carbonyl (C=O) groups excluding carboxylic acids is 1. The number of rotatable bonds is 6. The third-order valence-electron chi connectivity index (χ3n) is 3.11. The summed E-state index contributed by atoms with van der Waals surface area (Å²) >= 11 is 1.67. The van der Waals surface area contributed by atoms with Gasteiger partial charge in [-0.15, -0.1) is 0 Å². The minimum absolute atomic E-state index is 0.184. The molecule has 0 aromatic heterocycles. The lowest BCUT2D eigenvalue weighted by molar-refractivity contribution is 0.0528. The molecule has 110 valence electrons. The van der Waals surface area contributed by atoms with Gasteiger partial charge in [0, 0.05) is 12.1 Å². The number of thioether (sulfide) groups is 1. The summed E-state index contributed by atoms with van der Waals surface area (Å²) in [6.45, 7) is 2.13. The molecule has 0 saturated carbocycles. The predicted octanol–water partition coefficient (Wildman–Crippen LogP) is 1.65. The van der Waals surface area contributed by atoms with Crippen molar-refractivity contribution >= 4 is 17.7 Å². The van der Waals surface area contributed by atoms with Crippen LogP contribution in [0.4, 0.5) is 0 Å². The van der Waals surface area contributed by atoms with Crippen molar-refractivity contribution < 1.29 is 19.4 Å². The van der Waals surface area contributed by atoms with E-state index in [9.17, 15) is 9.90 Å². The summed E-state index contributed by atoms with van der Waals surface area (Å²) < 4.78 is 10.4. The van der Waals surface area contributed by atoms with Gasteiger partial charge in [0.1, 0.15) is 0 Å². The molecule has 2 rings (SSSR count). The van der Waals surface area contributed by atoms with E-state index in [-0.39, 0.29) is 19.2 Å². The first kappa shape index (κ1) is 15.0. The first-order chi connectivity index (χ1) is 9.52. The number of hydrogen-bond acceptors (Lipinski definition) is 5. The summed E-state index contributed by atoms with van der Waals surface area (Å²) in [7, 11) is 0. The molecule has 1 aromatic carbocycles. The second kappa shape index (κ2) is 6.37. The highest BCUT2D eigenvalue weighted by molar-refractivity contribution is 7.98. The largest absolute Gasteiger partial charge is 0.454 e. The van der Waals surface area contributed by atoms with Crippen LogP contribution < -0.4 is 14.8 Å². The number of aliphatic hydroxyl groups is 1. The molecule has 1 aliphatic heterocycles. The van der Waals surface area contributed by atoms with Gasteiger partial charge in [-0.2, -0.15) is 11.8 Å². The highest BCUT2D eigenvalue weighted by Gasteiger charge is 2.22. The molecule has 0 aliphatic carbocycles. The Morgan fingerprint density at radius 1 is 1.45 bits per heavy atom. The molecule has 0 radical (unpaired) electrons. The van der Waals surface area contributed by atoms with E-state index in [1.54, 1.807) is 36.9 Å². The summed E-state index contributed by atoms with van der Waals surface area (Å²) in [6, 6.07) is 5.04. The molecule has 1 aromatic rings. The fourth-order valence-electron chi connectivity index (χ4n) is 1.82. The maximum Gasteiger partial charge on any atom is 0.251 e. The van der Waals surface area contributed by atoms with Crippen molar-refractivity contribution in [3.63, 3.8) is 0 Å². The van der Waals surface area contributed by atoms with Crippen molar-refractivity contribution in [2.24, 2.45) is 0 Å². The Hall–Kier alpha value is -1.40. The molecular weight excluding hydrogens is 278 g/mol. The van der Waals surface area contributed by atoms with Gasteiger partial charge in [-0.3, -0.25) is 4.79 Å². The van der Waals surface area contributed by atoms with Gasteiger partial charge in [0.2, 0.25) is 6.79 Å². The van der Waals surface area contributed by atoms with E-state index in [2.05, 4.69) is 5.32 Å². The van der Waals surface area contributed by atoms with Gasteiger partial charge in [0.05, 0.1) is 5.60 Å². The molecule has 1 heterocycles. The van der Waals surface area contributed by atoms with Crippen LogP contribution in [-0.4, -0.2) is 42.0 Å². The molecule has 0 fully saturated rings. The molecule has 0 unspecified atom stereocenters. The zero-order valence-corrected chi connectivity index (χ0v) is 12.5.